The van der Waals surface area contributed by atoms with Crippen LogP contribution in [-0.2, 0) is 30.3 Å². The van der Waals surface area contributed by atoms with Crippen molar-refractivity contribution in [2.24, 2.45) is 0 Å². The summed E-state index contributed by atoms with van der Waals surface area (Å²) in [7, 11) is 2.48. The number of benzene rings is 3. The molecule has 14 heteroatoms. The van der Waals surface area contributed by atoms with Gasteiger partial charge in [0.15, 0.2) is 0 Å². The fraction of sp³-hybridized carbons (Fsp3) is 0.351. The minimum Gasteiger partial charge on any atom is -0.453 e. The molecule has 0 saturated carbocycles. The Morgan fingerprint density at radius 2 is 1.57 bits per heavy atom. The lowest BCUT2D eigenvalue weighted by Gasteiger charge is -2.27. The van der Waals surface area contributed by atoms with E-state index in [1.807, 2.05) is 30.5 Å². The smallest absolute Gasteiger partial charge is 0.407 e. The van der Waals surface area contributed by atoms with E-state index in [2.05, 4.69) is 77.1 Å². The average molecular weight is 698 g/mol. The fourth-order valence-corrected chi connectivity index (χ4v) is 5.98. The second-order valence-corrected chi connectivity index (χ2v) is 12.3. The Kier molecular flexibility index (Phi) is 12.2. The van der Waals surface area contributed by atoms with Crippen LogP contribution in [0.25, 0.3) is 33.2 Å². The molecule has 4 aromatic rings. The van der Waals surface area contributed by atoms with Crippen LogP contribution in [0.15, 0.2) is 66.9 Å². The van der Waals surface area contributed by atoms with Crippen LogP contribution in [0.3, 0.4) is 0 Å². The monoisotopic (exact) mass is 697 g/mol. The average Bonchev–Trinajstić information content (AvgIpc) is 3.84. The maximum Gasteiger partial charge on any atom is 0.407 e. The highest BCUT2D eigenvalue weighted by atomic mass is 16.5. The number of H-pyrrole nitrogens is 1. The molecule has 2 unspecified atom stereocenters. The third kappa shape index (κ3) is 9.62. The van der Waals surface area contributed by atoms with Crippen molar-refractivity contribution in [1.82, 2.24) is 30.8 Å². The van der Waals surface area contributed by atoms with Gasteiger partial charge in [-0.25, -0.2) is 14.6 Å². The SMILES string of the molecule is COC(=O)NCC(=O)NCCCCc1ncc(-c2ccc3cc(-c4ccc(NC(=O)C5CCCN5C(=O)C(C)NC(=O)OC)cc4)ccc3c2)[nH]1. The minimum absolute atomic E-state index is 0.122. The molecule has 51 heavy (non-hydrogen) atoms. The third-order valence-electron chi connectivity index (χ3n) is 8.74. The number of carbonyl (C=O) groups excluding carboxylic acids is 5. The van der Waals surface area contributed by atoms with Crippen molar-refractivity contribution in [2.75, 3.05) is 39.2 Å². The van der Waals surface area contributed by atoms with E-state index in [1.54, 1.807) is 6.92 Å². The maximum absolute atomic E-state index is 13.1. The second kappa shape index (κ2) is 17.1. The summed E-state index contributed by atoms with van der Waals surface area (Å²) in [6.07, 6.45) is 4.08. The molecule has 0 bridgehead atoms. The lowest BCUT2D eigenvalue weighted by atomic mass is 9.99. The van der Waals surface area contributed by atoms with Gasteiger partial charge in [0.25, 0.3) is 0 Å². The molecular formula is C37H43N7O7. The zero-order chi connectivity index (χ0) is 36.3. The van der Waals surface area contributed by atoms with E-state index in [0.29, 0.717) is 31.6 Å². The quantitative estimate of drug-likeness (QED) is 0.128. The number of rotatable bonds is 13. The van der Waals surface area contributed by atoms with Gasteiger partial charge in [-0.2, -0.15) is 0 Å². The van der Waals surface area contributed by atoms with Crippen molar-refractivity contribution in [1.29, 1.82) is 0 Å². The van der Waals surface area contributed by atoms with Crippen LogP contribution in [-0.4, -0.2) is 90.7 Å². The Morgan fingerprint density at radius 3 is 2.29 bits per heavy atom. The van der Waals surface area contributed by atoms with Gasteiger partial charge in [-0.3, -0.25) is 14.4 Å². The number of likely N-dealkylation sites (tertiary alicyclic amines) is 1. The van der Waals surface area contributed by atoms with Crippen LogP contribution < -0.4 is 21.3 Å². The number of unbranched alkanes of at least 4 members (excludes halogenated alkanes) is 1. The second-order valence-electron chi connectivity index (χ2n) is 12.3. The van der Waals surface area contributed by atoms with E-state index in [4.69, 9.17) is 0 Å². The number of nitrogens with one attached hydrogen (secondary N) is 5. The number of hydrogen-bond acceptors (Lipinski definition) is 8. The number of methoxy groups -OCH3 is 2. The predicted molar refractivity (Wildman–Crippen MR) is 192 cm³/mol. The molecule has 1 fully saturated rings. The summed E-state index contributed by atoms with van der Waals surface area (Å²) in [5.41, 5.74) is 4.61. The summed E-state index contributed by atoms with van der Waals surface area (Å²) in [6, 6.07) is 18.7. The molecule has 0 spiro atoms. The van der Waals surface area contributed by atoms with Gasteiger partial charge in [0.2, 0.25) is 17.7 Å². The number of aryl methyl sites for hydroxylation is 1. The molecule has 14 nitrogen and oxygen atoms in total. The minimum atomic E-state index is -0.807. The number of imidazole rings is 1. The summed E-state index contributed by atoms with van der Waals surface area (Å²) >= 11 is 0. The highest BCUT2D eigenvalue weighted by molar-refractivity contribution is 5.99. The van der Waals surface area contributed by atoms with E-state index >= 15 is 0 Å². The van der Waals surface area contributed by atoms with Gasteiger partial charge in [-0.1, -0.05) is 36.4 Å². The standard InChI is InChI=1S/C37H43N7O7/c1-23(41-37(49)51-3)35(47)44-18-6-7-31(44)34(46)42-29-15-13-24(14-16-29)25-9-10-27-20-28(12-11-26(27)19-25)30-21-39-32(43-30)8-4-5-17-38-33(45)22-40-36(48)50-2/h9-16,19-21,23,31H,4-8,17-18,22H2,1-3H3,(H,38,45)(H,39,43)(H,40,48)(H,41,49)(H,42,46). The zero-order valence-electron chi connectivity index (χ0n) is 28.9. The van der Waals surface area contributed by atoms with Gasteiger partial charge in [0, 0.05) is 30.8 Å². The summed E-state index contributed by atoms with van der Waals surface area (Å²) in [5, 5.41) is 12.7. The Balaban J connectivity index is 1.13. The largest absolute Gasteiger partial charge is 0.453 e. The Morgan fingerprint density at radius 1 is 0.882 bits per heavy atom. The molecule has 1 aliphatic rings. The number of aromatic amines is 1. The predicted octanol–water partition coefficient (Wildman–Crippen LogP) is 4.37. The van der Waals surface area contributed by atoms with Crippen molar-refractivity contribution in [2.45, 2.75) is 51.1 Å². The molecule has 1 aliphatic heterocycles. The lowest BCUT2D eigenvalue weighted by Crippen LogP contribution is -2.51. The number of ether oxygens (including phenoxy) is 2. The number of alkyl carbamates (subject to hydrolysis) is 2. The summed E-state index contributed by atoms with van der Waals surface area (Å²) in [6.45, 7) is 2.40. The Labute approximate surface area is 295 Å². The van der Waals surface area contributed by atoms with Crippen molar-refractivity contribution < 1.29 is 33.4 Å². The summed E-state index contributed by atoms with van der Waals surface area (Å²) < 4.78 is 9.03. The number of amides is 5. The van der Waals surface area contributed by atoms with Crippen molar-refractivity contribution in [3.8, 4) is 22.4 Å². The number of anilines is 1. The van der Waals surface area contributed by atoms with E-state index in [-0.39, 0.29) is 24.3 Å². The molecule has 0 radical (unpaired) electrons. The third-order valence-corrected chi connectivity index (χ3v) is 8.74. The molecule has 0 aliphatic carbocycles. The first-order chi connectivity index (χ1) is 24.6. The zero-order valence-corrected chi connectivity index (χ0v) is 28.9. The maximum atomic E-state index is 13.1. The first kappa shape index (κ1) is 36.4. The Hall–Kier alpha value is -5.92. The highest BCUT2D eigenvalue weighted by Gasteiger charge is 2.36. The van der Waals surface area contributed by atoms with Crippen LogP contribution in [0.5, 0.6) is 0 Å². The summed E-state index contributed by atoms with van der Waals surface area (Å²) in [4.78, 5) is 69.8. The normalized spacial score (nSPS) is 14.4. The van der Waals surface area contributed by atoms with Gasteiger partial charge in [-0.15, -0.1) is 0 Å². The molecule has 5 amide bonds. The molecule has 5 N–H and O–H groups in total. The first-order valence-corrected chi connectivity index (χ1v) is 16.9. The molecule has 2 atom stereocenters. The number of fused-ring (bicyclic) bond motifs is 1. The van der Waals surface area contributed by atoms with Crippen LogP contribution in [0, 0.1) is 0 Å². The van der Waals surface area contributed by atoms with Crippen molar-refractivity contribution in [3.05, 3.63) is 72.7 Å². The molecule has 3 aromatic carbocycles. The molecular weight excluding hydrogens is 654 g/mol. The van der Waals surface area contributed by atoms with Gasteiger partial charge < -0.3 is 40.6 Å². The van der Waals surface area contributed by atoms with E-state index in [0.717, 1.165) is 58.2 Å². The van der Waals surface area contributed by atoms with E-state index in [1.165, 1.54) is 19.1 Å². The molecule has 268 valence electrons. The fourth-order valence-electron chi connectivity index (χ4n) is 5.98. The molecule has 5 rings (SSSR count). The van der Waals surface area contributed by atoms with Gasteiger partial charge in [-0.05, 0) is 78.8 Å². The van der Waals surface area contributed by atoms with Gasteiger partial charge in [0.1, 0.15) is 17.9 Å². The first-order valence-electron chi connectivity index (χ1n) is 16.9. The topological polar surface area (TPSA) is 184 Å². The van der Waals surface area contributed by atoms with E-state index in [9.17, 15) is 24.0 Å². The van der Waals surface area contributed by atoms with Crippen molar-refractivity contribution >= 4 is 46.4 Å². The van der Waals surface area contributed by atoms with Gasteiger partial charge >= 0.3 is 12.2 Å². The number of hydrogen-bond donors (Lipinski definition) is 5. The lowest BCUT2D eigenvalue weighted by molar-refractivity contribution is -0.137. The molecule has 2 heterocycles. The molecule has 1 saturated heterocycles. The summed E-state index contributed by atoms with van der Waals surface area (Å²) in [5.74, 6) is 0.00972. The van der Waals surface area contributed by atoms with Gasteiger partial charge in [0.05, 0.1) is 32.7 Å². The number of carbonyl (C=O) groups is 5. The van der Waals surface area contributed by atoms with Crippen LogP contribution >= 0.6 is 0 Å². The highest BCUT2D eigenvalue weighted by Crippen LogP contribution is 2.29. The molecule has 1 aromatic heterocycles. The van der Waals surface area contributed by atoms with Crippen molar-refractivity contribution in [3.63, 3.8) is 0 Å². The van der Waals surface area contributed by atoms with E-state index < -0.39 is 24.3 Å². The Bertz CT molecular complexity index is 1870. The van der Waals surface area contributed by atoms with Crippen LogP contribution in [0.4, 0.5) is 15.3 Å². The number of aromatic nitrogens is 2. The van der Waals surface area contributed by atoms with Crippen LogP contribution in [0.1, 0.15) is 38.4 Å². The van der Waals surface area contributed by atoms with Crippen LogP contribution in [0.2, 0.25) is 0 Å². The number of nitrogens with zero attached hydrogens (tertiary/aromatic N) is 2.